The second kappa shape index (κ2) is 9.24. The molecular weight excluding hydrogens is 334 g/mol. The molecule has 0 aliphatic heterocycles. The standard InChI is InChI=1S/C19H27N3O4/c1-4-22(12-18(24)14-6-5-7-16(23)9-14)19(25)20-11-17-10-15(21-26-17)8-13(2)3/h5-7,9-10,13,18,23-24H,4,8,11-12H2,1-3H3,(H,20,25)/t18-/m1/s1. The summed E-state index contributed by atoms with van der Waals surface area (Å²) in [5.41, 5.74) is 1.43. The summed E-state index contributed by atoms with van der Waals surface area (Å²) >= 11 is 0. The van der Waals surface area contributed by atoms with E-state index in [1.165, 1.54) is 17.0 Å². The summed E-state index contributed by atoms with van der Waals surface area (Å²) in [6.07, 6.45) is -0.0509. The normalized spacial score (nSPS) is 12.2. The van der Waals surface area contributed by atoms with Crippen LogP contribution in [0.15, 0.2) is 34.9 Å². The SMILES string of the molecule is CCN(C[C@@H](O)c1cccc(O)c1)C(=O)NCc1cc(CC(C)C)no1. The first kappa shape index (κ1) is 19.8. The number of urea groups is 1. The maximum atomic E-state index is 12.4. The van der Waals surface area contributed by atoms with E-state index in [0.717, 1.165) is 12.1 Å². The largest absolute Gasteiger partial charge is 0.508 e. The van der Waals surface area contributed by atoms with Gasteiger partial charge < -0.3 is 25.0 Å². The number of aliphatic hydroxyl groups is 1. The molecule has 142 valence electrons. The number of amides is 2. The number of likely N-dealkylation sites (N-methyl/N-ethyl adjacent to an activating group) is 1. The summed E-state index contributed by atoms with van der Waals surface area (Å²) in [7, 11) is 0. The molecule has 1 aromatic heterocycles. The number of phenolic OH excluding ortho intramolecular Hbond substituents is 1. The molecule has 3 N–H and O–H groups in total. The number of aromatic hydroxyl groups is 1. The van der Waals surface area contributed by atoms with Crippen LogP contribution in [0.2, 0.25) is 0 Å². The van der Waals surface area contributed by atoms with E-state index < -0.39 is 6.10 Å². The fourth-order valence-corrected chi connectivity index (χ4v) is 2.63. The van der Waals surface area contributed by atoms with Gasteiger partial charge in [0.15, 0.2) is 5.76 Å². The fourth-order valence-electron chi connectivity index (χ4n) is 2.63. The smallest absolute Gasteiger partial charge is 0.317 e. The third-order valence-corrected chi connectivity index (χ3v) is 3.96. The molecule has 1 atom stereocenters. The van der Waals surface area contributed by atoms with E-state index >= 15 is 0 Å². The number of aromatic nitrogens is 1. The molecule has 1 aromatic carbocycles. The van der Waals surface area contributed by atoms with Gasteiger partial charge in [0, 0.05) is 12.6 Å². The number of rotatable bonds is 8. The van der Waals surface area contributed by atoms with Crippen LogP contribution >= 0.6 is 0 Å². The first-order chi connectivity index (χ1) is 12.4. The minimum atomic E-state index is -0.879. The van der Waals surface area contributed by atoms with Crippen LogP contribution in [-0.4, -0.2) is 39.4 Å². The van der Waals surface area contributed by atoms with Crippen LogP contribution in [0.25, 0.3) is 0 Å². The Bertz CT molecular complexity index is 714. The van der Waals surface area contributed by atoms with Crippen molar-refractivity contribution in [3.05, 3.63) is 47.3 Å². The van der Waals surface area contributed by atoms with Crippen molar-refractivity contribution in [1.29, 1.82) is 0 Å². The van der Waals surface area contributed by atoms with Gasteiger partial charge in [-0.15, -0.1) is 0 Å². The van der Waals surface area contributed by atoms with Crippen molar-refractivity contribution in [3.8, 4) is 5.75 Å². The Labute approximate surface area is 153 Å². The zero-order chi connectivity index (χ0) is 19.1. The molecule has 0 aliphatic carbocycles. The Morgan fingerprint density at radius 1 is 1.35 bits per heavy atom. The van der Waals surface area contributed by atoms with Crippen LogP contribution in [-0.2, 0) is 13.0 Å². The molecule has 1 heterocycles. The van der Waals surface area contributed by atoms with Crippen molar-refractivity contribution in [1.82, 2.24) is 15.4 Å². The molecule has 26 heavy (non-hydrogen) atoms. The lowest BCUT2D eigenvalue weighted by Gasteiger charge is -2.24. The molecule has 0 radical (unpaired) electrons. The number of hydrogen-bond acceptors (Lipinski definition) is 5. The Hall–Kier alpha value is -2.54. The summed E-state index contributed by atoms with van der Waals surface area (Å²) in [5, 5.41) is 26.6. The van der Waals surface area contributed by atoms with Gasteiger partial charge in [0.2, 0.25) is 0 Å². The van der Waals surface area contributed by atoms with E-state index in [4.69, 9.17) is 4.52 Å². The molecule has 2 rings (SSSR count). The van der Waals surface area contributed by atoms with Crippen LogP contribution in [0.5, 0.6) is 5.75 Å². The van der Waals surface area contributed by atoms with Crippen molar-refractivity contribution in [2.24, 2.45) is 5.92 Å². The monoisotopic (exact) mass is 361 g/mol. The molecule has 2 amide bonds. The van der Waals surface area contributed by atoms with Gasteiger partial charge in [0.25, 0.3) is 0 Å². The summed E-state index contributed by atoms with van der Waals surface area (Å²) in [4.78, 5) is 13.9. The third-order valence-electron chi connectivity index (χ3n) is 3.96. The van der Waals surface area contributed by atoms with Crippen molar-refractivity contribution in [2.45, 2.75) is 39.8 Å². The molecule has 0 spiro atoms. The number of phenols is 1. The van der Waals surface area contributed by atoms with Gasteiger partial charge in [0.05, 0.1) is 24.9 Å². The average Bonchev–Trinajstić information content (AvgIpc) is 3.04. The van der Waals surface area contributed by atoms with Crippen LogP contribution in [0, 0.1) is 5.92 Å². The Morgan fingerprint density at radius 3 is 2.77 bits per heavy atom. The van der Waals surface area contributed by atoms with Gasteiger partial charge in [-0.3, -0.25) is 0 Å². The number of hydrogen-bond donors (Lipinski definition) is 3. The first-order valence-corrected chi connectivity index (χ1v) is 8.83. The van der Waals surface area contributed by atoms with Crippen LogP contribution < -0.4 is 5.32 Å². The minimum Gasteiger partial charge on any atom is -0.508 e. The third kappa shape index (κ3) is 5.77. The quantitative estimate of drug-likeness (QED) is 0.671. The Morgan fingerprint density at radius 2 is 2.12 bits per heavy atom. The molecule has 0 saturated heterocycles. The maximum absolute atomic E-state index is 12.4. The van der Waals surface area contributed by atoms with Gasteiger partial charge >= 0.3 is 6.03 Å². The molecule has 0 unspecified atom stereocenters. The lowest BCUT2D eigenvalue weighted by molar-refractivity contribution is 0.123. The number of nitrogens with one attached hydrogen (secondary N) is 1. The van der Waals surface area contributed by atoms with E-state index in [1.807, 2.05) is 13.0 Å². The molecule has 0 bridgehead atoms. The molecule has 7 nitrogen and oxygen atoms in total. The van der Waals surface area contributed by atoms with Crippen molar-refractivity contribution < 1.29 is 19.5 Å². The van der Waals surface area contributed by atoms with Crippen molar-refractivity contribution in [2.75, 3.05) is 13.1 Å². The summed E-state index contributed by atoms with van der Waals surface area (Å²) in [6, 6.07) is 7.93. The van der Waals surface area contributed by atoms with Crippen LogP contribution in [0.3, 0.4) is 0 Å². The number of nitrogens with zero attached hydrogens (tertiary/aromatic N) is 2. The number of aliphatic hydroxyl groups excluding tert-OH is 1. The molecule has 0 fully saturated rings. The molecular formula is C19H27N3O4. The zero-order valence-electron chi connectivity index (χ0n) is 15.5. The van der Waals surface area contributed by atoms with Crippen molar-refractivity contribution in [3.63, 3.8) is 0 Å². The summed E-state index contributed by atoms with van der Waals surface area (Å²) in [6.45, 7) is 6.85. The average molecular weight is 361 g/mol. The van der Waals surface area contributed by atoms with Gasteiger partial charge in [-0.2, -0.15) is 0 Å². The summed E-state index contributed by atoms with van der Waals surface area (Å²) in [5.74, 6) is 1.16. The second-order valence-electron chi connectivity index (χ2n) is 6.69. The van der Waals surface area contributed by atoms with E-state index in [1.54, 1.807) is 12.1 Å². The lowest BCUT2D eigenvalue weighted by Crippen LogP contribution is -2.41. The van der Waals surface area contributed by atoms with Gasteiger partial charge in [0.1, 0.15) is 5.75 Å². The highest BCUT2D eigenvalue weighted by Gasteiger charge is 2.18. The van der Waals surface area contributed by atoms with E-state index in [-0.39, 0.29) is 24.9 Å². The highest BCUT2D eigenvalue weighted by atomic mass is 16.5. The second-order valence-corrected chi connectivity index (χ2v) is 6.69. The number of benzene rings is 1. The van der Waals surface area contributed by atoms with Crippen LogP contribution in [0.1, 0.15) is 43.9 Å². The van der Waals surface area contributed by atoms with E-state index in [9.17, 15) is 15.0 Å². The van der Waals surface area contributed by atoms with Crippen LogP contribution in [0.4, 0.5) is 4.79 Å². The predicted molar refractivity (Wildman–Crippen MR) is 97.6 cm³/mol. The summed E-state index contributed by atoms with van der Waals surface area (Å²) < 4.78 is 5.23. The minimum absolute atomic E-state index is 0.0802. The highest BCUT2D eigenvalue weighted by molar-refractivity contribution is 5.74. The number of carbonyl (C=O) groups is 1. The molecule has 0 saturated carbocycles. The topological polar surface area (TPSA) is 98.8 Å². The van der Waals surface area contributed by atoms with E-state index in [2.05, 4.69) is 24.3 Å². The Kier molecular flexibility index (Phi) is 7.03. The predicted octanol–water partition coefficient (Wildman–Crippen LogP) is 2.84. The lowest BCUT2D eigenvalue weighted by atomic mass is 10.1. The molecule has 7 heteroatoms. The van der Waals surface area contributed by atoms with Gasteiger partial charge in [-0.05, 0) is 37.0 Å². The first-order valence-electron chi connectivity index (χ1n) is 8.83. The molecule has 0 aliphatic rings. The van der Waals surface area contributed by atoms with E-state index in [0.29, 0.717) is 23.8 Å². The maximum Gasteiger partial charge on any atom is 0.317 e. The van der Waals surface area contributed by atoms with Gasteiger partial charge in [-0.1, -0.05) is 31.1 Å². The van der Waals surface area contributed by atoms with Gasteiger partial charge in [-0.25, -0.2) is 4.79 Å². The van der Waals surface area contributed by atoms with Crippen molar-refractivity contribution >= 4 is 6.03 Å². The zero-order valence-corrected chi connectivity index (χ0v) is 15.5. The number of carbonyl (C=O) groups excluding carboxylic acids is 1. The fraction of sp³-hybridized carbons (Fsp3) is 0.474. The highest BCUT2D eigenvalue weighted by Crippen LogP contribution is 2.19. The Balaban J connectivity index is 1.88. The molecule has 2 aromatic rings.